The molecule has 0 saturated carbocycles. The lowest BCUT2D eigenvalue weighted by Crippen LogP contribution is -2.06. The van der Waals surface area contributed by atoms with E-state index in [4.69, 9.17) is 10.8 Å². The molecule has 0 fully saturated rings. The van der Waals surface area contributed by atoms with Gasteiger partial charge in [-0.25, -0.2) is 0 Å². The van der Waals surface area contributed by atoms with Crippen LogP contribution in [0, 0.1) is 17.2 Å². The largest absolute Gasteiger partial charge is 0.300 e. The predicted octanol–water partition coefficient (Wildman–Crippen LogP) is 3.37. The summed E-state index contributed by atoms with van der Waals surface area (Å²) in [6.45, 7) is 2.26. The van der Waals surface area contributed by atoms with Gasteiger partial charge in [0.15, 0.2) is 0 Å². The van der Waals surface area contributed by atoms with Crippen LogP contribution in [0.25, 0.3) is 10.4 Å². The predicted molar refractivity (Wildman–Crippen MR) is 61.5 cm³/mol. The second kappa shape index (κ2) is 10.0. The highest BCUT2D eigenvalue weighted by Gasteiger charge is 2.09. The Bertz CT molecular complexity index is 289. The third-order valence-electron chi connectivity index (χ3n) is 2.38. The summed E-state index contributed by atoms with van der Waals surface area (Å²) in [4.78, 5) is 14.0. The van der Waals surface area contributed by atoms with E-state index in [0.29, 0.717) is 19.3 Å². The van der Waals surface area contributed by atoms with Gasteiger partial charge in [-0.05, 0) is 18.4 Å². The Balaban J connectivity index is 3.71. The van der Waals surface area contributed by atoms with E-state index >= 15 is 0 Å². The summed E-state index contributed by atoms with van der Waals surface area (Å²) in [5.74, 6) is -0.124. The van der Waals surface area contributed by atoms with Gasteiger partial charge in [-0.1, -0.05) is 24.9 Å². The summed E-state index contributed by atoms with van der Waals surface area (Å²) in [6.07, 6.45) is 4.64. The number of rotatable bonds is 9. The fourth-order valence-electron chi connectivity index (χ4n) is 1.36. The molecule has 0 N–H and O–H groups in total. The molecule has 0 bridgehead atoms. The molecule has 88 valence electrons. The van der Waals surface area contributed by atoms with Crippen LogP contribution in [0.5, 0.6) is 0 Å². The van der Waals surface area contributed by atoms with Crippen LogP contribution in [0.1, 0.15) is 45.4 Å². The summed E-state index contributed by atoms with van der Waals surface area (Å²) in [6, 6.07) is 2.04. The zero-order valence-electron chi connectivity index (χ0n) is 9.72. The van der Waals surface area contributed by atoms with Crippen LogP contribution in [0.15, 0.2) is 5.11 Å². The number of ketones is 1. The number of hydrogen-bond acceptors (Lipinski definition) is 3. The number of carbonyl (C=O) groups is 1. The molecule has 16 heavy (non-hydrogen) atoms. The minimum atomic E-state index is -0.328. The average Bonchev–Trinajstić information content (AvgIpc) is 2.30. The summed E-state index contributed by atoms with van der Waals surface area (Å²) in [7, 11) is 0. The van der Waals surface area contributed by atoms with Gasteiger partial charge in [-0.3, -0.25) is 4.79 Å². The number of unbranched alkanes of at least 4 members (excludes halogenated alkanes) is 2. The molecular formula is C11H18N4O. The van der Waals surface area contributed by atoms with Crippen LogP contribution in [0.3, 0.4) is 0 Å². The van der Waals surface area contributed by atoms with Crippen LogP contribution in [-0.2, 0) is 4.79 Å². The average molecular weight is 222 g/mol. The second-order valence-electron chi connectivity index (χ2n) is 3.77. The number of nitrogens with zero attached hydrogens (tertiary/aromatic N) is 4. The van der Waals surface area contributed by atoms with Gasteiger partial charge in [-0.15, -0.1) is 0 Å². The van der Waals surface area contributed by atoms with Crippen molar-refractivity contribution in [3.05, 3.63) is 10.4 Å². The van der Waals surface area contributed by atoms with Crippen LogP contribution in [0.2, 0.25) is 0 Å². The summed E-state index contributed by atoms with van der Waals surface area (Å²) in [5, 5.41) is 12.1. The van der Waals surface area contributed by atoms with Gasteiger partial charge >= 0.3 is 0 Å². The lowest BCUT2D eigenvalue weighted by atomic mass is 10.0. The molecule has 0 heterocycles. The highest BCUT2D eigenvalue weighted by atomic mass is 16.1. The number of nitriles is 1. The van der Waals surface area contributed by atoms with Gasteiger partial charge in [-0.2, -0.15) is 5.26 Å². The van der Waals surface area contributed by atoms with Gasteiger partial charge < -0.3 is 0 Å². The fraction of sp³-hybridized carbons (Fsp3) is 0.818. The molecule has 0 amide bonds. The third-order valence-corrected chi connectivity index (χ3v) is 2.38. The molecule has 1 atom stereocenters. The van der Waals surface area contributed by atoms with Crippen molar-refractivity contribution < 1.29 is 4.79 Å². The van der Waals surface area contributed by atoms with E-state index < -0.39 is 0 Å². The molecular weight excluding hydrogens is 204 g/mol. The first-order chi connectivity index (χ1) is 7.74. The van der Waals surface area contributed by atoms with E-state index in [1.54, 1.807) is 0 Å². The normalized spacial score (nSPS) is 11.2. The van der Waals surface area contributed by atoms with Crippen LogP contribution in [0.4, 0.5) is 0 Å². The Morgan fingerprint density at radius 1 is 1.50 bits per heavy atom. The van der Waals surface area contributed by atoms with Gasteiger partial charge in [0.1, 0.15) is 5.78 Å². The molecule has 0 aliphatic rings. The minimum Gasteiger partial charge on any atom is -0.300 e. The molecule has 0 radical (unpaired) electrons. The maximum absolute atomic E-state index is 11.4. The van der Waals surface area contributed by atoms with Gasteiger partial charge in [0.2, 0.25) is 0 Å². The zero-order valence-corrected chi connectivity index (χ0v) is 9.72. The van der Waals surface area contributed by atoms with Crippen LogP contribution >= 0.6 is 0 Å². The molecule has 0 spiro atoms. The summed E-state index contributed by atoms with van der Waals surface area (Å²) < 4.78 is 0. The molecule has 0 aromatic heterocycles. The van der Waals surface area contributed by atoms with Crippen molar-refractivity contribution in [3.8, 4) is 6.07 Å². The maximum atomic E-state index is 11.4. The van der Waals surface area contributed by atoms with E-state index in [2.05, 4.69) is 16.9 Å². The number of carbonyl (C=O) groups excluding carboxylic acids is 1. The van der Waals surface area contributed by atoms with Gasteiger partial charge in [0, 0.05) is 24.3 Å². The van der Waals surface area contributed by atoms with Gasteiger partial charge in [0.25, 0.3) is 0 Å². The SMILES string of the molecule is CCCCCC(=O)CCC(C#N)CN=[N+]=[N-]. The van der Waals surface area contributed by atoms with Crippen molar-refractivity contribution in [3.63, 3.8) is 0 Å². The Hall–Kier alpha value is -1.53. The summed E-state index contributed by atoms with van der Waals surface area (Å²) >= 11 is 0. The molecule has 5 heteroatoms. The molecule has 0 aromatic carbocycles. The molecule has 5 nitrogen and oxygen atoms in total. The fourth-order valence-corrected chi connectivity index (χ4v) is 1.36. The van der Waals surface area contributed by atoms with Crippen LogP contribution in [-0.4, -0.2) is 12.3 Å². The Morgan fingerprint density at radius 2 is 2.25 bits per heavy atom. The topological polar surface area (TPSA) is 89.6 Å². The number of Topliss-reactive ketones (excluding diaryl/α,β-unsaturated/α-hetero) is 1. The van der Waals surface area contributed by atoms with E-state index in [-0.39, 0.29) is 18.2 Å². The van der Waals surface area contributed by atoms with Gasteiger partial charge in [0.05, 0.1) is 12.0 Å². The van der Waals surface area contributed by atoms with Crippen molar-refractivity contribution in [2.75, 3.05) is 6.54 Å². The molecule has 0 aliphatic carbocycles. The van der Waals surface area contributed by atoms with Crippen molar-refractivity contribution in [2.45, 2.75) is 45.4 Å². The quantitative estimate of drug-likeness (QED) is 0.259. The first-order valence-electron chi connectivity index (χ1n) is 5.66. The molecule has 0 aromatic rings. The highest BCUT2D eigenvalue weighted by Crippen LogP contribution is 2.10. The first-order valence-corrected chi connectivity index (χ1v) is 5.66. The lowest BCUT2D eigenvalue weighted by Gasteiger charge is -2.04. The van der Waals surface area contributed by atoms with E-state index in [0.717, 1.165) is 19.3 Å². The summed E-state index contributed by atoms with van der Waals surface area (Å²) in [5.41, 5.74) is 8.11. The maximum Gasteiger partial charge on any atom is 0.132 e. The second-order valence-corrected chi connectivity index (χ2v) is 3.77. The molecule has 1 unspecified atom stereocenters. The molecule has 0 saturated heterocycles. The Kier molecular flexibility index (Phi) is 9.05. The smallest absolute Gasteiger partial charge is 0.132 e. The molecule has 0 aliphatic heterocycles. The monoisotopic (exact) mass is 222 g/mol. The van der Waals surface area contributed by atoms with Crippen LogP contribution < -0.4 is 0 Å². The third kappa shape index (κ3) is 7.84. The van der Waals surface area contributed by atoms with E-state index in [1.807, 2.05) is 6.07 Å². The first kappa shape index (κ1) is 14.5. The number of hydrogen-bond donors (Lipinski definition) is 0. The molecule has 0 rings (SSSR count). The van der Waals surface area contributed by atoms with Crippen molar-refractivity contribution in [2.24, 2.45) is 11.0 Å². The standard InChI is InChI=1S/C11H18N4O/c1-2-3-4-5-11(16)7-6-10(8-12)9-14-15-13/h10H,2-7,9H2,1H3. The Labute approximate surface area is 96.1 Å². The lowest BCUT2D eigenvalue weighted by molar-refractivity contribution is -0.119. The van der Waals surface area contributed by atoms with Crippen molar-refractivity contribution >= 4 is 5.78 Å². The van der Waals surface area contributed by atoms with Crippen molar-refractivity contribution in [1.82, 2.24) is 0 Å². The number of azide groups is 1. The van der Waals surface area contributed by atoms with E-state index in [1.165, 1.54) is 0 Å². The Morgan fingerprint density at radius 3 is 2.81 bits per heavy atom. The minimum absolute atomic E-state index is 0.162. The zero-order chi connectivity index (χ0) is 12.2. The highest BCUT2D eigenvalue weighted by molar-refractivity contribution is 5.78. The van der Waals surface area contributed by atoms with E-state index in [9.17, 15) is 4.79 Å². The van der Waals surface area contributed by atoms with Crippen molar-refractivity contribution in [1.29, 1.82) is 5.26 Å².